The molecule has 1 amide bonds. The Kier molecular flexibility index (Phi) is 5.16. The summed E-state index contributed by atoms with van der Waals surface area (Å²) in [5.74, 6) is 1.50. The number of nitrogens with one attached hydrogen (secondary N) is 1. The molecule has 6 heteroatoms. The van der Waals surface area contributed by atoms with Crippen molar-refractivity contribution in [2.45, 2.75) is 13.0 Å². The van der Waals surface area contributed by atoms with Crippen LogP contribution in [0.25, 0.3) is 0 Å². The average Bonchev–Trinajstić information content (AvgIpc) is 2.72. The molecular formula is C21H24N2O4. The summed E-state index contributed by atoms with van der Waals surface area (Å²) in [4.78, 5) is 14.9. The maximum atomic E-state index is 12.6. The van der Waals surface area contributed by atoms with Gasteiger partial charge in [0.1, 0.15) is 13.2 Å². The van der Waals surface area contributed by atoms with Crippen LogP contribution in [-0.2, 0) is 13.0 Å². The van der Waals surface area contributed by atoms with Crippen LogP contribution < -0.4 is 19.5 Å². The van der Waals surface area contributed by atoms with Gasteiger partial charge in [-0.05, 0) is 29.7 Å². The van der Waals surface area contributed by atoms with Crippen molar-refractivity contribution in [1.29, 1.82) is 0 Å². The van der Waals surface area contributed by atoms with Gasteiger partial charge in [0, 0.05) is 31.7 Å². The lowest BCUT2D eigenvalue weighted by molar-refractivity contribution is 0.0945. The number of rotatable bonds is 5. The van der Waals surface area contributed by atoms with E-state index in [4.69, 9.17) is 14.2 Å². The first-order chi connectivity index (χ1) is 13.2. The summed E-state index contributed by atoms with van der Waals surface area (Å²) >= 11 is 0. The maximum absolute atomic E-state index is 12.6. The highest BCUT2D eigenvalue weighted by molar-refractivity contribution is 5.95. The molecule has 2 aliphatic heterocycles. The van der Waals surface area contributed by atoms with E-state index in [0.29, 0.717) is 42.6 Å². The van der Waals surface area contributed by atoms with Gasteiger partial charge in [-0.25, -0.2) is 0 Å². The highest BCUT2D eigenvalue weighted by Crippen LogP contribution is 2.40. The number of amides is 1. The van der Waals surface area contributed by atoms with Crippen LogP contribution >= 0.6 is 0 Å². The number of carbonyl (C=O) groups excluding carboxylic acids is 1. The smallest absolute Gasteiger partial charge is 0.251 e. The number of hydrogen-bond acceptors (Lipinski definition) is 5. The van der Waals surface area contributed by atoms with Gasteiger partial charge >= 0.3 is 0 Å². The lowest BCUT2D eigenvalue weighted by Crippen LogP contribution is -2.37. The third kappa shape index (κ3) is 3.85. The summed E-state index contributed by atoms with van der Waals surface area (Å²) in [6.45, 7) is 4.32. The molecule has 6 nitrogen and oxygen atoms in total. The van der Waals surface area contributed by atoms with Crippen LogP contribution in [-0.4, -0.2) is 50.8 Å². The summed E-state index contributed by atoms with van der Waals surface area (Å²) in [6, 6.07) is 12.0. The van der Waals surface area contributed by atoms with Crippen LogP contribution in [0.5, 0.6) is 17.2 Å². The molecule has 0 atom stereocenters. The minimum atomic E-state index is -0.136. The Morgan fingerprint density at radius 3 is 2.85 bits per heavy atom. The van der Waals surface area contributed by atoms with E-state index < -0.39 is 0 Å². The lowest BCUT2D eigenvalue weighted by Gasteiger charge is -2.28. The molecule has 0 saturated heterocycles. The molecule has 2 aromatic rings. The number of hydrogen-bond donors (Lipinski definition) is 1. The maximum Gasteiger partial charge on any atom is 0.251 e. The van der Waals surface area contributed by atoms with E-state index in [1.54, 1.807) is 19.2 Å². The van der Waals surface area contributed by atoms with E-state index in [2.05, 4.69) is 34.5 Å². The van der Waals surface area contributed by atoms with Crippen LogP contribution in [0.3, 0.4) is 0 Å². The molecule has 1 N–H and O–H groups in total. The van der Waals surface area contributed by atoms with Crippen LogP contribution in [0, 0.1) is 0 Å². The van der Waals surface area contributed by atoms with Crippen LogP contribution in [0.15, 0.2) is 36.4 Å². The Morgan fingerprint density at radius 2 is 2.00 bits per heavy atom. The fourth-order valence-electron chi connectivity index (χ4n) is 3.58. The summed E-state index contributed by atoms with van der Waals surface area (Å²) in [5.41, 5.74) is 3.33. The molecule has 2 heterocycles. The van der Waals surface area contributed by atoms with Gasteiger partial charge in [-0.2, -0.15) is 0 Å². The van der Waals surface area contributed by atoms with E-state index in [1.807, 2.05) is 0 Å². The molecule has 0 aromatic heterocycles. The standard InChI is InChI=1S/C21H24N2O4/c1-25-18-12-17(13-19-20(18)27-11-10-26-19)21(24)22-7-9-23-8-6-15-4-2-3-5-16(15)14-23/h2-5,12-13H,6-11,14H2,1H3,(H,22,24). The second-order valence-electron chi connectivity index (χ2n) is 6.75. The van der Waals surface area contributed by atoms with E-state index in [0.717, 1.165) is 26.1 Å². The molecule has 2 aliphatic rings. The summed E-state index contributed by atoms with van der Waals surface area (Å²) in [5, 5.41) is 3.00. The van der Waals surface area contributed by atoms with E-state index in [-0.39, 0.29) is 5.91 Å². The Balaban J connectivity index is 1.35. The molecule has 0 unspecified atom stereocenters. The first-order valence-electron chi connectivity index (χ1n) is 9.29. The molecule has 142 valence electrons. The molecule has 0 spiro atoms. The third-order valence-electron chi connectivity index (χ3n) is 5.01. The molecule has 0 saturated carbocycles. The quantitative estimate of drug-likeness (QED) is 0.877. The predicted molar refractivity (Wildman–Crippen MR) is 102 cm³/mol. The third-order valence-corrected chi connectivity index (χ3v) is 5.01. The minimum Gasteiger partial charge on any atom is -0.493 e. The molecular weight excluding hydrogens is 344 g/mol. The van der Waals surface area contributed by atoms with Crippen LogP contribution in [0.1, 0.15) is 21.5 Å². The van der Waals surface area contributed by atoms with Crippen molar-refractivity contribution in [3.8, 4) is 17.2 Å². The Morgan fingerprint density at radius 1 is 1.19 bits per heavy atom. The molecule has 0 radical (unpaired) electrons. The van der Waals surface area contributed by atoms with E-state index in [9.17, 15) is 4.79 Å². The normalized spacial score (nSPS) is 15.7. The molecule has 27 heavy (non-hydrogen) atoms. The van der Waals surface area contributed by atoms with Crippen molar-refractivity contribution >= 4 is 5.91 Å². The van der Waals surface area contributed by atoms with Gasteiger partial charge in [0.15, 0.2) is 11.5 Å². The first-order valence-corrected chi connectivity index (χ1v) is 9.29. The summed E-state index contributed by atoms with van der Waals surface area (Å²) in [7, 11) is 1.56. The Labute approximate surface area is 159 Å². The molecule has 4 rings (SSSR count). The molecule has 2 aromatic carbocycles. The van der Waals surface area contributed by atoms with E-state index in [1.165, 1.54) is 11.1 Å². The number of ether oxygens (including phenoxy) is 3. The zero-order valence-electron chi connectivity index (χ0n) is 15.5. The largest absolute Gasteiger partial charge is 0.493 e. The van der Waals surface area contributed by atoms with Crippen molar-refractivity contribution in [3.63, 3.8) is 0 Å². The highest BCUT2D eigenvalue weighted by atomic mass is 16.6. The van der Waals surface area contributed by atoms with Gasteiger partial charge in [0.2, 0.25) is 5.75 Å². The number of nitrogens with zero attached hydrogens (tertiary/aromatic N) is 1. The van der Waals surface area contributed by atoms with E-state index >= 15 is 0 Å². The van der Waals surface area contributed by atoms with Crippen molar-refractivity contribution in [2.75, 3.05) is 40.0 Å². The van der Waals surface area contributed by atoms with Gasteiger partial charge in [-0.15, -0.1) is 0 Å². The number of methoxy groups -OCH3 is 1. The number of carbonyl (C=O) groups is 1. The fraction of sp³-hybridized carbons (Fsp3) is 0.381. The zero-order chi connectivity index (χ0) is 18.6. The summed E-state index contributed by atoms with van der Waals surface area (Å²) in [6.07, 6.45) is 1.06. The predicted octanol–water partition coefficient (Wildman–Crippen LogP) is 2.25. The van der Waals surface area contributed by atoms with Crippen molar-refractivity contribution in [2.24, 2.45) is 0 Å². The molecule has 0 aliphatic carbocycles. The van der Waals surface area contributed by atoms with Crippen molar-refractivity contribution in [3.05, 3.63) is 53.1 Å². The Hall–Kier alpha value is -2.73. The molecule has 0 bridgehead atoms. The molecule has 0 fully saturated rings. The van der Waals surface area contributed by atoms with Gasteiger partial charge in [-0.3, -0.25) is 9.69 Å². The van der Waals surface area contributed by atoms with Crippen LogP contribution in [0.4, 0.5) is 0 Å². The SMILES string of the molecule is COc1cc(C(=O)NCCN2CCc3ccccc3C2)cc2c1OCCO2. The van der Waals surface area contributed by atoms with Gasteiger partial charge in [0.05, 0.1) is 7.11 Å². The minimum absolute atomic E-state index is 0.136. The first kappa shape index (κ1) is 17.7. The highest BCUT2D eigenvalue weighted by Gasteiger charge is 2.21. The fourth-order valence-corrected chi connectivity index (χ4v) is 3.58. The second kappa shape index (κ2) is 7.88. The van der Waals surface area contributed by atoms with Crippen molar-refractivity contribution in [1.82, 2.24) is 10.2 Å². The monoisotopic (exact) mass is 368 g/mol. The second-order valence-corrected chi connectivity index (χ2v) is 6.75. The Bertz CT molecular complexity index is 820. The summed E-state index contributed by atoms with van der Waals surface area (Å²) < 4.78 is 16.5. The topological polar surface area (TPSA) is 60.0 Å². The lowest BCUT2D eigenvalue weighted by atomic mass is 10.00. The number of fused-ring (bicyclic) bond motifs is 2. The van der Waals surface area contributed by atoms with Gasteiger partial charge < -0.3 is 19.5 Å². The average molecular weight is 368 g/mol. The van der Waals surface area contributed by atoms with Gasteiger partial charge in [0.25, 0.3) is 5.91 Å². The van der Waals surface area contributed by atoms with Crippen LogP contribution in [0.2, 0.25) is 0 Å². The van der Waals surface area contributed by atoms with Gasteiger partial charge in [-0.1, -0.05) is 24.3 Å². The number of benzene rings is 2. The van der Waals surface area contributed by atoms with Crippen molar-refractivity contribution < 1.29 is 19.0 Å². The zero-order valence-corrected chi connectivity index (χ0v) is 15.5.